The van der Waals surface area contributed by atoms with Crippen LogP contribution in [-0.4, -0.2) is 32.2 Å². The van der Waals surface area contributed by atoms with Crippen LogP contribution in [0.2, 0.25) is 0 Å². The summed E-state index contributed by atoms with van der Waals surface area (Å²) in [4.78, 5) is 11.8. The molecule has 0 saturated carbocycles. The van der Waals surface area contributed by atoms with E-state index in [9.17, 15) is 9.18 Å². The quantitative estimate of drug-likeness (QED) is 0.744. The van der Waals surface area contributed by atoms with Crippen LogP contribution in [0.4, 0.5) is 10.1 Å². The van der Waals surface area contributed by atoms with Crippen molar-refractivity contribution in [1.29, 1.82) is 5.26 Å². The number of amides is 1. The number of rotatable bonds is 7. The van der Waals surface area contributed by atoms with E-state index in [4.69, 9.17) is 10.00 Å². The van der Waals surface area contributed by atoms with E-state index in [-0.39, 0.29) is 11.5 Å². The monoisotopic (exact) mass is 279 g/mol. The fraction of sp³-hybridized carbons (Fsp3) is 0.429. The molecule has 0 heterocycles. The minimum atomic E-state index is -0.518. The molecule has 108 valence electrons. The van der Waals surface area contributed by atoms with Crippen molar-refractivity contribution in [3.05, 3.63) is 29.6 Å². The average Bonchev–Trinajstić information content (AvgIpc) is 2.45. The topological polar surface area (TPSA) is 74.2 Å². The standard InChI is InChI=1S/C14H18FN3O2/c1-10(14(19)17-6-3-7-20-2)18-13-5-4-12(15)8-11(13)9-16/h4-5,8,10,18H,3,6-7H2,1-2H3,(H,17,19). The Bertz CT molecular complexity index is 500. The van der Waals surface area contributed by atoms with Gasteiger partial charge in [0.1, 0.15) is 17.9 Å². The Morgan fingerprint density at radius 1 is 1.55 bits per heavy atom. The fourth-order valence-electron chi connectivity index (χ4n) is 1.61. The minimum Gasteiger partial charge on any atom is -0.385 e. The van der Waals surface area contributed by atoms with E-state index in [0.29, 0.717) is 18.8 Å². The lowest BCUT2D eigenvalue weighted by molar-refractivity contribution is -0.121. The number of ether oxygens (including phenoxy) is 1. The zero-order chi connectivity index (χ0) is 15.0. The zero-order valence-electron chi connectivity index (χ0n) is 11.6. The summed E-state index contributed by atoms with van der Waals surface area (Å²) in [6.45, 7) is 2.78. The molecule has 0 aliphatic carbocycles. The third kappa shape index (κ3) is 4.86. The predicted molar refractivity (Wildman–Crippen MR) is 73.7 cm³/mol. The Kier molecular flexibility index (Phi) is 6.47. The first-order valence-corrected chi connectivity index (χ1v) is 6.31. The summed E-state index contributed by atoms with van der Waals surface area (Å²) >= 11 is 0. The van der Waals surface area contributed by atoms with Crippen molar-refractivity contribution in [3.8, 4) is 6.07 Å². The predicted octanol–water partition coefficient (Wildman–Crippen LogP) is 1.65. The molecular formula is C14H18FN3O2. The summed E-state index contributed by atoms with van der Waals surface area (Å²) in [7, 11) is 1.60. The maximum atomic E-state index is 13.0. The summed E-state index contributed by atoms with van der Waals surface area (Å²) in [5.41, 5.74) is 0.609. The van der Waals surface area contributed by atoms with Crippen molar-refractivity contribution < 1.29 is 13.9 Å². The molecule has 0 radical (unpaired) electrons. The summed E-state index contributed by atoms with van der Waals surface area (Å²) in [6, 6.07) is 5.19. The number of halogens is 1. The average molecular weight is 279 g/mol. The second-order valence-electron chi connectivity index (χ2n) is 4.31. The highest BCUT2D eigenvalue weighted by molar-refractivity contribution is 5.84. The molecule has 0 aliphatic heterocycles. The number of carbonyl (C=O) groups is 1. The van der Waals surface area contributed by atoms with Crippen LogP contribution in [0.3, 0.4) is 0 Å². The summed E-state index contributed by atoms with van der Waals surface area (Å²) in [6.07, 6.45) is 0.731. The molecule has 5 nitrogen and oxygen atoms in total. The molecule has 6 heteroatoms. The smallest absolute Gasteiger partial charge is 0.242 e. The first-order chi connectivity index (χ1) is 9.58. The van der Waals surface area contributed by atoms with E-state index in [2.05, 4.69) is 10.6 Å². The molecule has 1 atom stereocenters. The maximum absolute atomic E-state index is 13.0. The van der Waals surface area contributed by atoms with Gasteiger partial charge >= 0.3 is 0 Å². The van der Waals surface area contributed by atoms with Gasteiger partial charge in [-0.05, 0) is 31.5 Å². The molecule has 0 aliphatic rings. The lowest BCUT2D eigenvalue weighted by Gasteiger charge is -2.16. The molecule has 1 aromatic carbocycles. The molecule has 20 heavy (non-hydrogen) atoms. The zero-order valence-corrected chi connectivity index (χ0v) is 11.6. The van der Waals surface area contributed by atoms with Gasteiger partial charge in [0.2, 0.25) is 5.91 Å². The number of nitrogens with one attached hydrogen (secondary N) is 2. The number of nitrogens with zero attached hydrogens (tertiary/aromatic N) is 1. The number of anilines is 1. The summed E-state index contributed by atoms with van der Waals surface area (Å²) in [5.74, 6) is -0.668. The first kappa shape index (κ1) is 15.9. The van der Waals surface area contributed by atoms with Crippen LogP contribution >= 0.6 is 0 Å². The van der Waals surface area contributed by atoms with Crippen molar-refractivity contribution >= 4 is 11.6 Å². The normalized spacial score (nSPS) is 11.5. The van der Waals surface area contributed by atoms with Gasteiger partial charge in [-0.1, -0.05) is 0 Å². The van der Waals surface area contributed by atoms with Crippen molar-refractivity contribution in [2.45, 2.75) is 19.4 Å². The van der Waals surface area contributed by atoms with Crippen LogP contribution in [0.5, 0.6) is 0 Å². The lowest BCUT2D eigenvalue weighted by atomic mass is 10.1. The molecule has 0 fully saturated rings. The Hall–Kier alpha value is -2.13. The Balaban J connectivity index is 2.55. The number of hydrogen-bond donors (Lipinski definition) is 2. The maximum Gasteiger partial charge on any atom is 0.242 e. The molecule has 0 bridgehead atoms. The summed E-state index contributed by atoms with van der Waals surface area (Å²) in [5, 5.41) is 14.6. The number of hydrogen-bond acceptors (Lipinski definition) is 4. The highest BCUT2D eigenvalue weighted by Gasteiger charge is 2.14. The van der Waals surface area contributed by atoms with E-state index in [1.165, 1.54) is 12.1 Å². The Morgan fingerprint density at radius 2 is 2.30 bits per heavy atom. The SMILES string of the molecule is COCCCNC(=O)C(C)Nc1ccc(F)cc1C#N. The number of nitriles is 1. The van der Waals surface area contributed by atoms with Crippen LogP contribution in [-0.2, 0) is 9.53 Å². The minimum absolute atomic E-state index is 0.170. The van der Waals surface area contributed by atoms with Gasteiger partial charge in [0.25, 0.3) is 0 Å². The summed E-state index contributed by atoms with van der Waals surface area (Å²) < 4.78 is 17.9. The van der Waals surface area contributed by atoms with Crippen molar-refractivity contribution in [2.75, 3.05) is 25.6 Å². The van der Waals surface area contributed by atoms with E-state index >= 15 is 0 Å². The molecular weight excluding hydrogens is 261 g/mol. The van der Waals surface area contributed by atoms with Gasteiger partial charge in [0, 0.05) is 20.3 Å². The van der Waals surface area contributed by atoms with Crippen LogP contribution in [0.15, 0.2) is 18.2 Å². The van der Waals surface area contributed by atoms with Crippen molar-refractivity contribution in [1.82, 2.24) is 5.32 Å². The molecule has 1 amide bonds. The highest BCUT2D eigenvalue weighted by Crippen LogP contribution is 2.16. The van der Waals surface area contributed by atoms with Gasteiger partial charge in [-0.2, -0.15) is 5.26 Å². The van der Waals surface area contributed by atoms with E-state index < -0.39 is 11.9 Å². The third-order valence-corrected chi connectivity index (χ3v) is 2.69. The first-order valence-electron chi connectivity index (χ1n) is 6.31. The van der Waals surface area contributed by atoms with E-state index in [1.807, 2.05) is 6.07 Å². The van der Waals surface area contributed by atoms with Crippen molar-refractivity contribution in [2.24, 2.45) is 0 Å². The van der Waals surface area contributed by atoms with E-state index in [1.54, 1.807) is 14.0 Å². The number of carbonyl (C=O) groups excluding carboxylic acids is 1. The van der Waals surface area contributed by atoms with Gasteiger partial charge in [-0.15, -0.1) is 0 Å². The number of benzene rings is 1. The Labute approximate surface area is 117 Å². The molecule has 2 N–H and O–H groups in total. The largest absolute Gasteiger partial charge is 0.385 e. The number of methoxy groups -OCH3 is 1. The molecule has 1 rings (SSSR count). The van der Waals surface area contributed by atoms with Crippen molar-refractivity contribution in [3.63, 3.8) is 0 Å². The van der Waals surface area contributed by atoms with Gasteiger partial charge < -0.3 is 15.4 Å². The van der Waals surface area contributed by atoms with Gasteiger partial charge in [0.05, 0.1) is 11.3 Å². The molecule has 1 unspecified atom stereocenters. The third-order valence-electron chi connectivity index (χ3n) is 2.69. The second-order valence-corrected chi connectivity index (χ2v) is 4.31. The fourth-order valence-corrected chi connectivity index (χ4v) is 1.61. The molecule has 1 aromatic rings. The van der Waals surface area contributed by atoms with Gasteiger partial charge in [0.15, 0.2) is 0 Å². The molecule has 0 aromatic heterocycles. The van der Waals surface area contributed by atoms with E-state index in [0.717, 1.165) is 12.5 Å². The van der Waals surface area contributed by atoms with Gasteiger partial charge in [-0.25, -0.2) is 4.39 Å². The highest BCUT2D eigenvalue weighted by atomic mass is 19.1. The van der Waals surface area contributed by atoms with Crippen LogP contribution in [0.1, 0.15) is 18.9 Å². The molecule has 0 spiro atoms. The Morgan fingerprint density at radius 3 is 2.95 bits per heavy atom. The van der Waals surface area contributed by atoms with Gasteiger partial charge in [-0.3, -0.25) is 4.79 Å². The van der Waals surface area contributed by atoms with Crippen LogP contribution in [0, 0.1) is 17.1 Å². The molecule has 0 saturated heterocycles. The van der Waals surface area contributed by atoms with Crippen LogP contribution < -0.4 is 10.6 Å². The lowest BCUT2D eigenvalue weighted by Crippen LogP contribution is -2.38. The van der Waals surface area contributed by atoms with Crippen LogP contribution in [0.25, 0.3) is 0 Å². The second kappa shape index (κ2) is 8.12.